The van der Waals surface area contributed by atoms with Gasteiger partial charge < -0.3 is 5.73 Å². The standard InChI is InChI=1S/C10H8N6/c11-9-7-5-15-16(10(7)14-6-13-9)8-3-1-2-4-12-8/h1-6H,(H2,11,13,14). The number of nitrogens with zero attached hydrogens (tertiary/aromatic N) is 5. The highest BCUT2D eigenvalue weighted by Crippen LogP contribution is 2.17. The summed E-state index contributed by atoms with van der Waals surface area (Å²) in [4.78, 5) is 12.3. The number of rotatable bonds is 1. The number of aromatic nitrogens is 5. The van der Waals surface area contributed by atoms with Gasteiger partial charge in [-0.1, -0.05) is 6.07 Å². The monoisotopic (exact) mass is 212 g/mol. The van der Waals surface area contributed by atoms with Crippen molar-refractivity contribution in [3.63, 3.8) is 0 Å². The molecule has 0 aliphatic rings. The van der Waals surface area contributed by atoms with E-state index in [0.29, 0.717) is 17.3 Å². The molecule has 0 aromatic carbocycles. The number of nitrogen functional groups attached to an aromatic ring is 1. The number of fused-ring (bicyclic) bond motifs is 1. The Morgan fingerprint density at radius 2 is 2.06 bits per heavy atom. The van der Waals surface area contributed by atoms with E-state index >= 15 is 0 Å². The molecule has 0 saturated heterocycles. The highest BCUT2D eigenvalue weighted by Gasteiger charge is 2.08. The second kappa shape index (κ2) is 3.27. The smallest absolute Gasteiger partial charge is 0.170 e. The maximum absolute atomic E-state index is 5.72. The van der Waals surface area contributed by atoms with Crippen LogP contribution < -0.4 is 5.73 Å². The zero-order valence-electron chi connectivity index (χ0n) is 8.28. The first-order chi connectivity index (χ1) is 7.86. The largest absolute Gasteiger partial charge is 0.383 e. The number of anilines is 1. The maximum Gasteiger partial charge on any atom is 0.170 e. The molecule has 3 aromatic heterocycles. The van der Waals surface area contributed by atoms with Crippen LogP contribution in [0.3, 0.4) is 0 Å². The van der Waals surface area contributed by atoms with Crippen molar-refractivity contribution in [3.05, 3.63) is 36.9 Å². The van der Waals surface area contributed by atoms with E-state index in [-0.39, 0.29) is 0 Å². The van der Waals surface area contributed by atoms with Crippen molar-refractivity contribution >= 4 is 16.9 Å². The molecule has 0 saturated carbocycles. The highest BCUT2D eigenvalue weighted by molar-refractivity contribution is 5.85. The van der Waals surface area contributed by atoms with Crippen molar-refractivity contribution in [2.24, 2.45) is 0 Å². The lowest BCUT2D eigenvalue weighted by Crippen LogP contribution is -2.00. The molecule has 0 aliphatic heterocycles. The molecule has 6 heteroatoms. The van der Waals surface area contributed by atoms with Gasteiger partial charge in [-0.3, -0.25) is 0 Å². The van der Waals surface area contributed by atoms with Crippen LogP contribution in [-0.4, -0.2) is 24.7 Å². The minimum Gasteiger partial charge on any atom is -0.383 e. The van der Waals surface area contributed by atoms with Crippen molar-refractivity contribution in [1.29, 1.82) is 0 Å². The van der Waals surface area contributed by atoms with Crippen molar-refractivity contribution in [2.45, 2.75) is 0 Å². The minimum atomic E-state index is 0.423. The summed E-state index contributed by atoms with van der Waals surface area (Å²) in [6.07, 6.45) is 4.76. The fraction of sp³-hybridized carbons (Fsp3) is 0. The van der Waals surface area contributed by atoms with Crippen LogP contribution >= 0.6 is 0 Å². The van der Waals surface area contributed by atoms with Crippen LogP contribution in [0.2, 0.25) is 0 Å². The van der Waals surface area contributed by atoms with Gasteiger partial charge in [0.2, 0.25) is 0 Å². The van der Waals surface area contributed by atoms with Gasteiger partial charge in [0.25, 0.3) is 0 Å². The predicted octanol–water partition coefficient (Wildman–Crippen LogP) is 0.793. The van der Waals surface area contributed by atoms with Crippen LogP contribution in [0.5, 0.6) is 0 Å². The predicted molar refractivity (Wildman–Crippen MR) is 58.9 cm³/mol. The summed E-state index contributed by atoms with van der Waals surface area (Å²) in [5.41, 5.74) is 6.38. The zero-order valence-corrected chi connectivity index (χ0v) is 8.28. The molecule has 3 heterocycles. The Balaban J connectivity index is 2.30. The molecule has 3 aromatic rings. The molecule has 0 spiro atoms. The van der Waals surface area contributed by atoms with Gasteiger partial charge in [0, 0.05) is 6.20 Å². The molecule has 0 bridgehead atoms. The number of hydrogen-bond donors (Lipinski definition) is 1. The molecular formula is C10H8N6. The van der Waals surface area contributed by atoms with Gasteiger partial charge >= 0.3 is 0 Å². The highest BCUT2D eigenvalue weighted by atomic mass is 15.3. The van der Waals surface area contributed by atoms with Crippen molar-refractivity contribution in [1.82, 2.24) is 24.7 Å². The molecule has 0 unspecified atom stereocenters. The maximum atomic E-state index is 5.72. The van der Waals surface area contributed by atoms with Crippen molar-refractivity contribution < 1.29 is 0 Å². The first-order valence-electron chi connectivity index (χ1n) is 4.72. The average molecular weight is 212 g/mol. The first-order valence-corrected chi connectivity index (χ1v) is 4.72. The Morgan fingerprint density at radius 3 is 2.88 bits per heavy atom. The summed E-state index contributed by atoms with van der Waals surface area (Å²) in [6, 6.07) is 5.59. The molecule has 0 amide bonds. The summed E-state index contributed by atoms with van der Waals surface area (Å²) in [5.74, 6) is 1.13. The third-order valence-electron chi connectivity index (χ3n) is 2.26. The molecule has 6 nitrogen and oxygen atoms in total. The quantitative estimate of drug-likeness (QED) is 0.644. The molecule has 0 aliphatic carbocycles. The van der Waals surface area contributed by atoms with E-state index in [2.05, 4.69) is 20.1 Å². The van der Waals surface area contributed by atoms with Crippen LogP contribution in [0.1, 0.15) is 0 Å². The van der Waals surface area contributed by atoms with E-state index in [0.717, 1.165) is 5.39 Å². The van der Waals surface area contributed by atoms with E-state index in [1.807, 2.05) is 18.2 Å². The molecule has 16 heavy (non-hydrogen) atoms. The van der Waals surface area contributed by atoms with Crippen LogP contribution in [0.4, 0.5) is 5.82 Å². The minimum absolute atomic E-state index is 0.423. The molecule has 2 N–H and O–H groups in total. The Kier molecular flexibility index (Phi) is 1.79. The van der Waals surface area contributed by atoms with Crippen LogP contribution in [-0.2, 0) is 0 Å². The lowest BCUT2D eigenvalue weighted by molar-refractivity contribution is 0.861. The molecule has 0 fully saturated rings. The molecule has 0 radical (unpaired) electrons. The number of nitrogens with two attached hydrogens (primary N) is 1. The summed E-state index contributed by atoms with van der Waals surface area (Å²) >= 11 is 0. The van der Waals surface area contributed by atoms with E-state index in [1.165, 1.54) is 6.33 Å². The lowest BCUT2D eigenvalue weighted by Gasteiger charge is -2.00. The molecule has 0 atom stereocenters. The van der Waals surface area contributed by atoms with E-state index in [1.54, 1.807) is 17.1 Å². The van der Waals surface area contributed by atoms with Crippen LogP contribution in [0.15, 0.2) is 36.9 Å². The van der Waals surface area contributed by atoms with Crippen molar-refractivity contribution in [3.8, 4) is 5.82 Å². The Hall–Kier alpha value is -2.50. The third kappa shape index (κ3) is 1.20. The summed E-state index contributed by atoms with van der Waals surface area (Å²) in [5, 5.41) is 4.93. The van der Waals surface area contributed by atoms with Gasteiger partial charge in [-0.25, -0.2) is 15.0 Å². The van der Waals surface area contributed by atoms with Crippen LogP contribution in [0, 0.1) is 0 Å². The summed E-state index contributed by atoms with van der Waals surface area (Å²) in [7, 11) is 0. The van der Waals surface area contributed by atoms with Gasteiger partial charge in [0.1, 0.15) is 12.1 Å². The lowest BCUT2D eigenvalue weighted by atomic mass is 10.4. The second-order valence-electron chi connectivity index (χ2n) is 3.24. The first kappa shape index (κ1) is 8.78. The van der Waals surface area contributed by atoms with Gasteiger partial charge in [0.15, 0.2) is 11.5 Å². The van der Waals surface area contributed by atoms with E-state index in [9.17, 15) is 0 Å². The fourth-order valence-electron chi connectivity index (χ4n) is 1.51. The fourth-order valence-corrected chi connectivity index (χ4v) is 1.51. The van der Waals surface area contributed by atoms with Gasteiger partial charge in [-0.05, 0) is 12.1 Å². The molecular weight excluding hydrogens is 204 g/mol. The molecule has 3 rings (SSSR count). The Bertz CT molecular complexity index is 630. The van der Waals surface area contributed by atoms with Crippen LogP contribution in [0.25, 0.3) is 16.9 Å². The van der Waals surface area contributed by atoms with Crippen molar-refractivity contribution in [2.75, 3.05) is 5.73 Å². The van der Waals surface area contributed by atoms with Gasteiger partial charge in [-0.15, -0.1) is 0 Å². The Morgan fingerprint density at radius 1 is 1.12 bits per heavy atom. The van der Waals surface area contributed by atoms with Gasteiger partial charge in [-0.2, -0.15) is 9.78 Å². The van der Waals surface area contributed by atoms with Gasteiger partial charge in [0.05, 0.1) is 11.6 Å². The summed E-state index contributed by atoms with van der Waals surface area (Å²) in [6.45, 7) is 0. The molecule has 78 valence electrons. The SMILES string of the molecule is Nc1ncnc2c1cnn2-c1ccccn1. The average Bonchev–Trinajstić information content (AvgIpc) is 2.75. The normalized spacial score (nSPS) is 10.8. The second-order valence-corrected chi connectivity index (χ2v) is 3.24. The third-order valence-corrected chi connectivity index (χ3v) is 2.26. The Labute approximate surface area is 90.8 Å². The zero-order chi connectivity index (χ0) is 11.0. The number of hydrogen-bond acceptors (Lipinski definition) is 5. The van der Waals surface area contributed by atoms with E-state index in [4.69, 9.17) is 5.73 Å². The van der Waals surface area contributed by atoms with E-state index < -0.39 is 0 Å². The number of pyridine rings is 1. The summed E-state index contributed by atoms with van der Waals surface area (Å²) < 4.78 is 1.63. The topological polar surface area (TPSA) is 82.5 Å².